The van der Waals surface area contributed by atoms with Gasteiger partial charge in [-0.25, -0.2) is 4.98 Å². The summed E-state index contributed by atoms with van der Waals surface area (Å²) in [6.07, 6.45) is 3.58. The quantitative estimate of drug-likeness (QED) is 0.778. The van der Waals surface area contributed by atoms with E-state index >= 15 is 0 Å². The molecule has 0 aromatic carbocycles. The number of aryl methyl sites for hydroxylation is 1. The van der Waals surface area contributed by atoms with Crippen molar-refractivity contribution in [1.29, 1.82) is 0 Å². The minimum atomic E-state index is -0.0151. The molecule has 6 nitrogen and oxygen atoms in total. The molecule has 1 atom stereocenters. The molecule has 6 heteroatoms. The van der Waals surface area contributed by atoms with Gasteiger partial charge in [-0.1, -0.05) is 6.92 Å². The van der Waals surface area contributed by atoms with Gasteiger partial charge in [-0.05, 0) is 19.4 Å². The molecule has 1 N–H and O–H groups in total. The minimum absolute atomic E-state index is 0.0151. The molecular formula is C11H19N5O. The second kappa shape index (κ2) is 5.27. The summed E-state index contributed by atoms with van der Waals surface area (Å²) in [5, 5.41) is 7.45. The Morgan fingerprint density at radius 3 is 3.06 bits per heavy atom. The fourth-order valence-corrected chi connectivity index (χ4v) is 2.03. The lowest BCUT2D eigenvalue weighted by Crippen LogP contribution is -2.38. The third-order valence-corrected chi connectivity index (χ3v) is 2.92. The van der Waals surface area contributed by atoms with Crippen LogP contribution in [0.25, 0.3) is 0 Å². The van der Waals surface area contributed by atoms with Gasteiger partial charge in [0.2, 0.25) is 5.91 Å². The molecule has 1 amide bonds. The van der Waals surface area contributed by atoms with Gasteiger partial charge < -0.3 is 10.2 Å². The average molecular weight is 237 g/mol. The SMILES string of the molecule is CCCNC1CCN(Cc2ncn(C)n2)C1=O. The summed E-state index contributed by atoms with van der Waals surface area (Å²) < 4.78 is 1.66. The number of hydrogen-bond acceptors (Lipinski definition) is 4. The highest BCUT2D eigenvalue weighted by atomic mass is 16.2. The van der Waals surface area contributed by atoms with Crippen molar-refractivity contribution in [2.24, 2.45) is 7.05 Å². The maximum absolute atomic E-state index is 12.0. The number of amides is 1. The fraction of sp³-hybridized carbons (Fsp3) is 0.727. The Morgan fingerprint density at radius 1 is 1.59 bits per heavy atom. The van der Waals surface area contributed by atoms with Crippen LogP contribution in [0.2, 0.25) is 0 Å². The standard InChI is InChI=1S/C11H19N5O/c1-3-5-12-9-4-6-16(11(9)17)7-10-13-8-15(2)14-10/h8-9,12H,3-7H2,1-2H3. The van der Waals surface area contributed by atoms with Crippen molar-refractivity contribution < 1.29 is 4.79 Å². The number of nitrogens with zero attached hydrogens (tertiary/aromatic N) is 4. The third kappa shape index (κ3) is 2.82. The highest BCUT2D eigenvalue weighted by Crippen LogP contribution is 2.13. The van der Waals surface area contributed by atoms with Crippen LogP contribution in [0.4, 0.5) is 0 Å². The molecule has 0 aliphatic carbocycles. The zero-order chi connectivity index (χ0) is 12.3. The molecule has 1 aromatic heterocycles. The van der Waals surface area contributed by atoms with E-state index in [4.69, 9.17) is 0 Å². The zero-order valence-corrected chi connectivity index (χ0v) is 10.4. The van der Waals surface area contributed by atoms with E-state index in [0.29, 0.717) is 12.4 Å². The lowest BCUT2D eigenvalue weighted by molar-refractivity contribution is -0.130. The van der Waals surface area contributed by atoms with Gasteiger partial charge in [0.1, 0.15) is 6.33 Å². The van der Waals surface area contributed by atoms with Gasteiger partial charge in [0.05, 0.1) is 12.6 Å². The normalized spacial score (nSPS) is 20.2. The summed E-state index contributed by atoms with van der Waals surface area (Å²) in [6.45, 7) is 4.30. The molecule has 1 aliphatic rings. The Labute approximate surface area is 101 Å². The fourth-order valence-electron chi connectivity index (χ4n) is 2.03. The van der Waals surface area contributed by atoms with E-state index in [9.17, 15) is 4.79 Å². The summed E-state index contributed by atoms with van der Waals surface area (Å²) in [4.78, 5) is 18.0. The largest absolute Gasteiger partial charge is 0.334 e. The van der Waals surface area contributed by atoms with E-state index in [1.807, 2.05) is 11.9 Å². The van der Waals surface area contributed by atoms with E-state index in [0.717, 1.165) is 25.9 Å². The Bertz CT molecular complexity index is 389. The molecule has 0 spiro atoms. The van der Waals surface area contributed by atoms with Crippen LogP contribution in [-0.4, -0.2) is 44.7 Å². The summed E-state index contributed by atoms with van der Waals surface area (Å²) in [5.74, 6) is 0.878. The predicted molar refractivity (Wildman–Crippen MR) is 63.1 cm³/mol. The molecule has 1 aromatic rings. The van der Waals surface area contributed by atoms with Gasteiger partial charge in [0.15, 0.2) is 5.82 Å². The van der Waals surface area contributed by atoms with Crippen molar-refractivity contribution >= 4 is 5.91 Å². The molecule has 0 radical (unpaired) electrons. The number of aromatic nitrogens is 3. The Hall–Kier alpha value is -1.43. The molecule has 0 saturated carbocycles. The number of likely N-dealkylation sites (tertiary alicyclic amines) is 1. The molecule has 1 aliphatic heterocycles. The Kier molecular flexibility index (Phi) is 3.73. The molecule has 1 unspecified atom stereocenters. The summed E-state index contributed by atoms with van der Waals surface area (Å²) in [6, 6.07) is -0.0151. The lowest BCUT2D eigenvalue weighted by atomic mass is 10.2. The van der Waals surface area contributed by atoms with Crippen molar-refractivity contribution in [3.8, 4) is 0 Å². The molecule has 94 valence electrons. The van der Waals surface area contributed by atoms with Crippen molar-refractivity contribution in [2.45, 2.75) is 32.4 Å². The van der Waals surface area contributed by atoms with E-state index in [-0.39, 0.29) is 11.9 Å². The van der Waals surface area contributed by atoms with Crippen LogP contribution in [-0.2, 0) is 18.4 Å². The van der Waals surface area contributed by atoms with E-state index in [2.05, 4.69) is 22.3 Å². The Morgan fingerprint density at radius 2 is 2.41 bits per heavy atom. The first-order valence-electron chi connectivity index (χ1n) is 6.07. The number of rotatable bonds is 5. The second-order valence-electron chi connectivity index (χ2n) is 4.39. The van der Waals surface area contributed by atoms with Gasteiger partial charge in [0, 0.05) is 13.6 Å². The van der Waals surface area contributed by atoms with Crippen LogP contribution in [0, 0.1) is 0 Å². The topological polar surface area (TPSA) is 63.1 Å². The van der Waals surface area contributed by atoms with Crippen molar-refractivity contribution in [1.82, 2.24) is 25.0 Å². The maximum Gasteiger partial charge on any atom is 0.240 e. The maximum atomic E-state index is 12.0. The first-order chi connectivity index (χ1) is 8.20. The van der Waals surface area contributed by atoms with Gasteiger partial charge in [0.25, 0.3) is 0 Å². The molecule has 17 heavy (non-hydrogen) atoms. The molecule has 2 rings (SSSR count). The predicted octanol–water partition coefficient (Wildman–Crippen LogP) is -0.0844. The highest BCUT2D eigenvalue weighted by Gasteiger charge is 2.31. The van der Waals surface area contributed by atoms with Gasteiger partial charge in [-0.3, -0.25) is 9.48 Å². The zero-order valence-electron chi connectivity index (χ0n) is 10.4. The number of hydrogen-bond donors (Lipinski definition) is 1. The average Bonchev–Trinajstić information content (AvgIpc) is 2.86. The summed E-state index contributed by atoms with van der Waals surface area (Å²) >= 11 is 0. The van der Waals surface area contributed by atoms with Gasteiger partial charge >= 0.3 is 0 Å². The third-order valence-electron chi connectivity index (χ3n) is 2.92. The van der Waals surface area contributed by atoms with E-state index < -0.39 is 0 Å². The van der Waals surface area contributed by atoms with E-state index in [1.54, 1.807) is 11.0 Å². The first kappa shape index (κ1) is 12.0. The lowest BCUT2D eigenvalue weighted by Gasteiger charge is -2.15. The van der Waals surface area contributed by atoms with Crippen molar-refractivity contribution in [3.63, 3.8) is 0 Å². The number of carbonyl (C=O) groups excluding carboxylic acids is 1. The number of carbonyl (C=O) groups is 1. The van der Waals surface area contributed by atoms with Crippen molar-refractivity contribution in [3.05, 3.63) is 12.2 Å². The van der Waals surface area contributed by atoms with Crippen LogP contribution in [0.3, 0.4) is 0 Å². The van der Waals surface area contributed by atoms with Crippen LogP contribution >= 0.6 is 0 Å². The molecular weight excluding hydrogens is 218 g/mol. The smallest absolute Gasteiger partial charge is 0.240 e. The van der Waals surface area contributed by atoms with Gasteiger partial charge in [-0.2, -0.15) is 5.10 Å². The number of nitrogens with one attached hydrogen (secondary N) is 1. The molecule has 1 saturated heterocycles. The molecule has 0 bridgehead atoms. The first-order valence-corrected chi connectivity index (χ1v) is 6.07. The van der Waals surface area contributed by atoms with Crippen LogP contribution in [0.5, 0.6) is 0 Å². The highest BCUT2D eigenvalue weighted by molar-refractivity contribution is 5.83. The summed E-state index contributed by atoms with van der Waals surface area (Å²) in [7, 11) is 1.83. The van der Waals surface area contributed by atoms with Gasteiger partial charge in [-0.15, -0.1) is 0 Å². The minimum Gasteiger partial charge on any atom is -0.334 e. The Balaban J connectivity index is 1.89. The summed E-state index contributed by atoms with van der Waals surface area (Å²) in [5.41, 5.74) is 0. The van der Waals surface area contributed by atoms with Crippen LogP contribution in [0.15, 0.2) is 6.33 Å². The van der Waals surface area contributed by atoms with Crippen LogP contribution < -0.4 is 5.32 Å². The molecule has 2 heterocycles. The van der Waals surface area contributed by atoms with Crippen molar-refractivity contribution in [2.75, 3.05) is 13.1 Å². The second-order valence-corrected chi connectivity index (χ2v) is 4.39. The molecule has 1 fully saturated rings. The van der Waals surface area contributed by atoms with Crippen LogP contribution in [0.1, 0.15) is 25.6 Å². The monoisotopic (exact) mass is 237 g/mol. The van der Waals surface area contributed by atoms with E-state index in [1.165, 1.54) is 0 Å².